The molecule has 0 aliphatic heterocycles. The first-order valence-electron chi connectivity index (χ1n) is 21.9. The van der Waals surface area contributed by atoms with Crippen molar-refractivity contribution in [3.8, 4) is 56.2 Å². The summed E-state index contributed by atoms with van der Waals surface area (Å²) in [6.45, 7) is 0. The van der Waals surface area contributed by atoms with Crippen LogP contribution < -0.4 is 0 Å². The van der Waals surface area contributed by atoms with Crippen LogP contribution in [0, 0.1) is 0 Å². The molecule has 12 aromatic rings. The molecule has 0 spiro atoms. The molecular formula is C60H38N2S2. The highest BCUT2D eigenvalue weighted by atomic mass is 32.1. The second kappa shape index (κ2) is 15.1. The molecule has 2 nitrogen and oxygen atoms in total. The van der Waals surface area contributed by atoms with E-state index >= 15 is 0 Å². The maximum atomic E-state index is 5.79. The van der Waals surface area contributed by atoms with Crippen LogP contribution in [0.2, 0.25) is 0 Å². The molecule has 64 heavy (non-hydrogen) atoms. The lowest BCUT2D eigenvalue weighted by molar-refractivity contribution is 0.854. The third kappa shape index (κ3) is 6.06. The molecule has 0 bridgehead atoms. The van der Waals surface area contributed by atoms with Crippen molar-refractivity contribution in [2.24, 2.45) is 0 Å². The minimum Gasteiger partial charge on any atom is -0.228 e. The van der Waals surface area contributed by atoms with Gasteiger partial charge in [0, 0.05) is 63.0 Å². The molecule has 13 rings (SSSR count). The summed E-state index contributed by atoms with van der Waals surface area (Å²) < 4.78 is 5.01. The predicted molar refractivity (Wildman–Crippen MR) is 276 cm³/mol. The molecule has 3 aromatic heterocycles. The summed E-state index contributed by atoms with van der Waals surface area (Å²) in [5, 5.41) is 9.84. The zero-order valence-electron chi connectivity index (χ0n) is 34.7. The van der Waals surface area contributed by atoms with Gasteiger partial charge in [-0.15, -0.1) is 22.7 Å². The average molecular weight is 851 g/mol. The van der Waals surface area contributed by atoms with E-state index in [0.29, 0.717) is 5.82 Å². The van der Waals surface area contributed by atoms with Crippen LogP contribution in [0.15, 0.2) is 212 Å². The van der Waals surface area contributed by atoms with Crippen molar-refractivity contribution in [2.75, 3.05) is 0 Å². The third-order valence-corrected chi connectivity index (χ3v) is 15.5. The van der Waals surface area contributed by atoms with Crippen LogP contribution in [-0.4, -0.2) is 9.97 Å². The van der Waals surface area contributed by atoms with Gasteiger partial charge >= 0.3 is 0 Å². The van der Waals surface area contributed by atoms with E-state index in [1.807, 2.05) is 22.7 Å². The second-order valence-corrected chi connectivity index (χ2v) is 18.8. The normalized spacial score (nSPS) is 13.9. The predicted octanol–water partition coefficient (Wildman–Crippen LogP) is 17.5. The zero-order valence-corrected chi connectivity index (χ0v) is 36.3. The molecule has 0 N–H and O–H groups in total. The fourth-order valence-electron chi connectivity index (χ4n) is 10.0. The van der Waals surface area contributed by atoms with Crippen molar-refractivity contribution in [1.29, 1.82) is 0 Å². The van der Waals surface area contributed by atoms with Crippen LogP contribution in [0.3, 0.4) is 0 Å². The highest BCUT2D eigenvalue weighted by Crippen LogP contribution is 2.48. The van der Waals surface area contributed by atoms with E-state index in [-0.39, 0.29) is 5.92 Å². The van der Waals surface area contributed by atoms with Crippen molar-refractivity contribution >= 4 is 84.6 Å². The monoisotopic (exact) mass is 850 g/mol. The molecule has 0 fully saturated rings. The summed E-state index contributed by atoms with van der Waals surface area (Å²) in [5.41, 5.74) is 10.9. The largest absolute Gasteiger partial charge is 0.228 e. The lowest BCUT2D eigenvalue weighted by atomic mass is 9.82. The number of rotatable bonds is 6. The number of benzene rings is 9. The molecule has 1 aliphatic rings. The maximum Gasteiger partial charge on any atom is 0.161 e. The van der Waals surface area contributed by atoms with Gasteiger partial charge in [-0.2, -0.15) is 0 Å². The number of fused-ring (bicyclic) bond motifs is 8. The minimum absolute atomic E-state index is 0.223. The molecular weight excluding hydrogens is 813 g/mol. The smallest absolute Gasteiger partial charge is 0.161 e. The van der Waals surface area contributed by atoms with Gasteiger partial charge < -0.3 is 0 Å². The summed E-state index contributed by atoms with van der Waals surface area (Å²) >= 11 is 3.68. The van der Waals surface area contributed by atoms with Gasteiger partial charge in [-0.1, -0.05) is 182 Å². The van der Waals surface area contributed by atoms with E-state index in [1.54, 1.807) is 0 Å². The van der Waals surface area contributed by atoms with Crippen LogP contribution in [-0.2, 0) is 0 Å². The van der Waals surface area contributed by atoms with Crippen molar-refractivity contribution in [3.05, 3.63) is 218 Å². The van der Waals surface area contributed by atoms with Gasteiger partial charge in [0.2, 0.25) is 0 Å². The summed E-state index contributed by atoms with van der Waals surface area (Å²) in [6, 6.07) is 68.9. The van der Waals surface area contributed by atoms with Gasteiger partial charge in [0.05, 0.1) is 11.4 Å². The molecule has 0 amide bonds. The first-order chi connectivity index (χ1) is 31.7. The Morgan fingerprint density at radius 3 is 1.38 bits per heavy atom. The molecule has 300 valence electrons. The van der Waals surface area contributed by atoms with E-state index < -0.39 is 0 Å². The van der Waals surface area contributed by atoms with Gasteiger partial charge in [0.1, 0.15) is 0 Å². The van der Waals surface area contributed by atoms with Crippen LogP contribution in [0.4, 0.5) is 0 Å². The van der Waals surface area contributed by atoms with Gasteiger partial charge in [0.25, 0.3) is 0 Å². The van der Waals surface area contributed by atoms with Gasteiger partial charge in [-0.25, -0.2) is 9.97 Å². The highest BCUT2D eigenvalue weighted by molar-refractivity contribution is 7.26. The Kier molecular flexibility index (Phi) is 8.75. The molecule has 3 heterocycles. The Bertz CT molecular complexity index is 3660. The van der Waals surface area contributed by atoms with Gasteiger partial charge in [-0.3, -0.25) is 0 Å². The first kappa shape index (κ1) is 37.1. The number of aromatic nitrogens is 2. The fraction of sp³-hybridized carbons (Fsp3) is 0.0333. The second-order valence-electron chi connectivity index (χ2n) is 16.7. The van der Waals surface area contributed by atoms with Crippen molar-refractivity contribution in [3.63, 3.8) is 0 Å². The molecule has 1 unspecified atom stereocenters. The lowest BCUT2D eigenvalue weighted by Crippen LogP contribution is -2.03. The van der Waals surface area contributed by atoms with Crippen molar-refractivity contribution in [1.82, 2.24) is 9.97 Å². The minimum atomic E-state index is 0.223. The van der Waals surface area contributed by atoms with Crippen molar-refractivity contribution < 1.29 is 0 Å². The van der Waals surface area contributed by atoms with Crippen LogP contribution in [0.25, 0.3) is 118 Å². The standard InChI is InChI=1S/C60H38N2S2/c1-2-16-37(17-3-1)40-34-51(43-26-12-20-38-18-4-6-22-41(38)43)57(52(35-40)44-27-13-21-39-19-5-7-23-42(39)44)60-61-53(49-30-14-28-47-45-24-8-10-32-55(45)63-58(47)49)36-54(62-60)50-31-15-29-48-46-25-9-11-33-56(46)64-59(48)50/h1-16,18-37H,17H2. The molecule has 0 saturated heterocycles. The summed E-state index contributed by atoms with van der Waals surface area (Å²) in [7, 11) is 0. The van der Waals surface area contributed by atoms with E-state index in [4.69, 9.17) is 9.97 Å². The van der Waals surface area contributed by atoms with Crippen LogP contribution >= 0.6 is 22.7 Å². The fourth-order valence-corrected chi connectivity index (χ4v) is 12.5. The first-order valence-corrected chi connectivity index (χ1v) is 23.5. The Labute approximate surface area is 378 Å². The molecule has 0 radical (unpaired) electrons. The summed E-state index contributed by atoms with van der Waals surface area (Å²) in [4.78, 5) is 11.6. The quantitative estimate of drug-likeness (QED) is 0.167. The van der Waals surface area contributed by atoms with Gasteiger partial charge in [-0.05, 0) is 86.1 Å². The molecule has 1 aliphatic carbocycles. The Balaban J connectivity index is 1.19. The van der Waals surface area contributed by atoms with Crippen molar-refractivity contribution in [2.45, 2.75) is 12.3 Å². The topological polar surface area (TPSA) is 25.8 Å². The number of allylic oxidation sites excluding steroid dienone is 4. The van der Waals surface area contributed by atoms with Crippen LogP contribution in [0.5, 0.6) is 0 Å². The van der Waals surface area contributed by atoms with Crippen LogP contribution in [0.1, 0.15) is 17.9 Å². The van der Waals surface area contributed by atoms with Gasteiger partial charge in [0.15, 0.2) is 5.82 Å². The molecule has 4 heteroatoms. The molecule has 1 atom stereocenters. The Hall–Kier alpha value is -7.50. The molecule has 9 aromatic carbocycles. The Morgan fingerprint density at radius 2 is 0.844 bits per heavy atom. The number of thiophene rings is 2. The number of nitrogens with zero attached hydrogens (tertiary/aromatic N) is 2. The highest BCUT2D eigenvalue weighted by Gasteiger charge is 2.25. The van der Waals surface area contributed by atoms with E-state index in [1.165, 1.54) is 78.6 Å². The third-order valence-electron chi connectivity index (χ3n) is 13.0. The molecule has 0 saturated carbocycles. The maximum absolute atomic E-state index is 5.79. The number of hydrogen-bond donors (Lipinski definition) is 0. The summed E-state index contributed by atoms with van der Waals surface area (Å²) in [5.74, 6) is 0.931. The van der Waals surface area contributed by atoms with E-state index in [9.17, 15) is 0 Å². The lowest BCUT2D eigenvalue weighted by Gasteiger charge is -2.23. The summed E-state index contributed by atoms with van der Waals surface area (Å²) in [6.07, 6.45) is 9.93. The van der Waals surface area contributed by atoms with E-state index in [0.717, 1.165) is 45.6 Å². The average Bonchev–Trinajstić information content (AvgIpc) is 3.95. The SMILES string of the molecule is C1=CCC(c2cc(-c3cccc4ccccc34)c(-c3nc(-c4cccc5c4sc4ccccc45)cc(-c4cccc5c4sc4ccccc45)n3)c(-c3cccc4ccccc34)c2)C=C1. The zero-order chi connectivity index (χ0) is 42.1. The Morgan fingerprint density at radius 1 is 0.391 bits per heavy atom. The number of hydrogen-bond acceptors (Lipinski definition) is 4. The van der Waals surface area contributed by atoms with E-state index in [2.05, 4.69) is 212 Å².